The minimum atomic E-state index is -0.586. The van der Waals surface area contributed by atoms with Crippen molar-refractivity contribution < 1.29 is 14.3 Å². The van der Waals surface area contributed by atoms with Crippen LogP contribution in [0.2, 0.25) is 0 Å². The lowest BCUT2D eigenvalue weighted by Crippen LogP contribution is -2.39. The molecule has 27 heavy (non-hydrogen) atoms. The molecule has 140 valence electrons. The zero-order chi connectivity index (χ0) is 19.2. The van der Waals surface area contributed by atoms with E-state index in [1.54, 1.807) is 29.0 Å². The van der Waals surface area contributed by atoms with Crippen molar-refractivity contribution in [2.24, 2.45) is 0 Å². The van der Waals surface area contributed by atoms with Crippen LogP contribution < -0.4 is 5.73 Å². The van der Waals surface area contributed by atoms with E-state index in [0.717, 1.165) is 11.3 Å². The Kier molecular flexibility index (Phi) is 3.98. The van der Waals surface area contributed by atoms with E-state index in [-0.39, 0.29) is 17.9 Å². The molecule has 1 atom stereocenters. The summed E-state index contributed by atoms with van der Waals surface area (Å²) in [5.41, 5.74) is 7.97. The number of hydrogen-bond donors (Lipinski definition) is 1. The minimum Gasteiger partial charge on any atom is -0.439 e. The van der Waals surface area contributed by atoms with Gasteiger partial charge in [0.05, 0.1) is 18.8 Å². The smallest absolute Gasteiger partial charge is 0.410 e. The zero-order valence-electron chi connectivity index (χ0n) is 15.3. The first kappa shape index (κ1) is 17.3. The molecular weight excluding hydrogens is 346 g/mol. The summed E-state index contributed by atoms with van der Waals surface area (Å²) in [6.07, 6.45) is 0.318. The van der Waals surface area contributed by atoms with Crippen LogP contribution in [0.5, 0.6) is 0 Å². The van der Waals surface area contributed by atoms with E-state index < -0.39 is 5.60 Å². The minimum absolute atomic E-state index is 0.0851. The number of nitrogens with zero attached hydrogens (tertiary/aromatic N) is 4. The quantitative estimate of drug-likeness (QED) is 0.867. The van der Waals surface area contributed by atoms with Crippen molar-refractivity contribution in [3.8, 4) is 11.3 Å². The van der Waals surface area contributed by atoms with E-state index in [4.69, 9.17) is 10.5 Å². The molecule has 2 aliphatic rings. The maximum Gasteiger partial charge on any atom is 0.410 e. The van der Waals surface area contributed by atoms with Crippen LogP contribution in [0.25, 0.3) is 11.3 Å². The van der Waals surface area contributed by atoms with Crippen molar-refractivity contribution in [2.75, 3.05) is 32.4 Å². The second kappa shape index (κ2) is 6.22. The molecule has 0 radical (unpaired) electrons. The topological polar surface area (TPSA) is 102 Å². The monoisotopic (exact) mass is 367 g/mol. The predicted octanol–water partition coefficient (Wildman–Crippen LogP) is 1.70. The summed E-state index contributed by atoms with van der Waals surface area (Å²) >= 11 is 0. The van der Waals surface area contributed by atoms with Crippen molar-refractivity contribution in [3.05, 3.63) is 41.6 Å². The third kappa shape index (κ3) is 3.18. The number of amides is 2. The summed E-state index contributed by atoms with van der Waals surface area (Å²) in [5.74, 6) is 0.119. The molecule has 2 saturated heterocycles. The summed E-state index contributed by atoms with van der Waals surface area (Å²) in [5, 5.41) is 0. The van der Waals surface area contributed by atoms with Gasteiger partial charge in [-0.05, 0) is 25.1 Å². The maximum atomic E-state index is 13.0. The highest BCUT2D eigenvalue weighted by Gasteiger charge is 2.49. The molecule has 2 aliphatic heterocycles. The van der Waals surface area contributed by atoms with Crippen LogP contribution in [-0.2, 0) is 4.74 Å². The average Bonchev–Trinajstić information content (AvgIpc) is 3.16. The van der Waals surface area contributed by atoms with E-state index in [1.165, 1.54) is 0 Å². The number of aryl methyl sites for hydroxylation is 1. The third-order valence-corrected chi connectivity index (χ3v) is 5.02. The Labute approximate surface area is 156 Å². The van der Waals surface area contributed by atoms with Gasteiger partial charge in [-0.1, -0.05) is 12.1 Å². The fourth-order valence-corrected chi connectivity index (χ4v) is 3.76. The third-order valence-electron chi connectivity index (χ3n) is 5.02. The molecular formula is C19H21N5O3. The SMILES string of the molecule is Cc1cc(-c2cccc(C(=O)N3CCC4(CN(C)C(=O)O4)C3)c2)nc(N)n1. The molecule has 2 fully saturated rings. The fraction of sp³-hybridized carbons (Fsp3) is 0.368. The van der Waals surface area contributed by atoms with Crippen LogP contribution in [0.4, 0.5) is 10.7 Å². The Hall–Kier alpha value is -3.16. The van der Waals surface area contributed by atoms with Gasteiger partial charge in [0.1, 0.15) is 0 Å². The molecule has 4 rings (SSSR count). The number of hydrogen-bond acceptors (Lipinski definition) is 6. The van der Waals surface area contributed by atoms with Gasteiger partial charge in [0.2, 0.25) is 5.95 Å². The summed E-state index contributed by atoms with van der Waals surface area (Å²) in [6.45, 7) is 3.32. The van der Waals surface area contributed by atoms with Gasteiger partial charge < -0.3 is 20.3 Å². The number of anilines is 1. The first-order valence-corrected chi connectivity index (χ1v) is 8.80. The molecule has 1 unspecified atom stereocenters. The molecule has 0 saturated carbocycles. The van der Waals surface area contributed by atoms with Gasteiger partial charge in [-0.25, -0.2) is 14.8 Å². The Morgan fingerprint density at radius 1 is 1.26 bits per heavy atom. The molecule has 1 aromatic heterocycles. The van der Waals surface area contributed by atoms with Crippen LogP contribution in [-0.4, -0.2) is 64.1 Å². The van der Waals surface area contributed by atoms with Crippen molar-refractivity contribution >= 4 is 17.9 Å². The summed E-state index contributed by atoms with van der Waals surface area (Å²) in [7, 11) is 1.71. The molecule has 2 amide bonds. The summed E-state index contributed by atoms with van der Waals surface area (Å²) < 4.78 is 5.52. The van der Waals surface area contributed by atoms with E-state index in [0.29, 0.717) is 37.3 Å². The molecule has 8 heteroatoms. The molecule has 0 aliphatic carbocycles. The van der Waals surface area contributed by atoms with Crippen LogP contribution in [0, 0.1) is 6.92 Å². The molecule has 2 aromatic rings. The van der Waals surface area contributed by atoms with E-state index >= 15 is 0 Å². The predicted molar refractivity (Wildman–Crippen MR) is 99.0 cm³/mol. The van der Waals surface area contributed by atoms with Gasteiger partial charge >= 0.3 is 6.09 Å². The largest absolute Gasteiger partial charge is 0.439 e. The Morgan fingerprint density at radius 3 is 2.78 bits per heavy atom. The highest BCUT2D eigenvalue weighted by atomic mass is 16.6. The highest BCUT2D eigenvalue weighted by Crippen LogP contribution is 2.32. The number of likely N-dealkylation sites (N-methyl/N-ethyl adjacent to an activating group) is 1. The molecule has 0 bridgehead atoms. The van der Waals surface area contributed by atoms with Crippen LogP contribution >= 0.6 is 0 Å². The Bertz CT molecular complexity index is 911. The number of ether oxygens (including phenoxy) is 1. The second-order valence-electron chi connectivity index (χ2n) is 7.22. The van der Waals surface area contributed by atoms with Gasteiger partial charge in [0.25, 0.3) is 5.91 Å². The van der Waals surface area contributed by atoms with Gasteiger partial charge in [0.15, 0.2) is 5.60 Å². The fourth-order valence-electron chi connectivity index (χ4n) is 3.76. The highest BCUT2D eigenvalue weighted by molar-refractivity contribution is 5.95. The lowest BCUT2D eigenvalue weighted by atomic mass is 10.0. The van der Waals surface area contributed by atoms with Crippen molar-refractivity contribution in [3.63, 3.8) is 0 Å². The first-order valence-electron chi connectivity index (χ1n) is 8.80. The van der Waals surface area contributed by atoms with Crippen molar-refractivity contribution in [1.82, 2.24) is 19.8 Å². The number of benzene rings is 1. The van der Waals surface area contributed by atoms with Crippen LogP contribution in [0.3, 0.4) is 0 Å². The lowest BCUT2D eigenvalue weighted by molar-refractivity contribution is 0.0553. The van der Waals surface area contributed by atoms with E-state index in [2.05, 4.69) is 9.97 Å². The Morgan fingerprint density at radius 2 is 2.07 bits per heavy atom. The zero-order valence-corrected chi connectivity index (χ0v) is 15.3. The second-order valence-corrected chi connectivity index (χ2v) is 7.22. The van der Waals surface area contributed by atoms with E-state index in [1.807, 2.05) is 25.1 Å². The summed E-state index contributed by atoms with van der Waals surface area (Å²) in [4.78, 5) is 36.3. The number of carbonyl (C=O) groups excluding carboxylic acids is 2. The number of carbonyl (C=O) groups is 2. The van der Waals surface area contributed by atoms with Gasteiger partial charge in [-0.3, -0.25) is 4.79 Å². The van der Waals surface area contributed by atoms with E-state index in [9.17, 15) is 9.59 Å². The normalized spacial score (nSPS) is 21.8. The Balaban J connectivity index is 1.56. The molecule has 1 aromatic carbocycles. The molecule has 1 spiro atoms. The van der Waals surface area contributed by atoms with Crippen molar-refractivity contribution in [1.29, 1.82) is 0 Å². The lowest BCUT2D eigenvalue weighted by Gasteiger charge is -2.22. The van der Waals surface area contributed by atoms with Crippen LogP contribution in [0.1, 0.15) is 22.5 Å². The van der Waals surface area contributed by atoms with Gasteiger partial charge in [-0.15, -0.1) is 0 Å². The number of likely N-dealkylation sites (tertiary alicyclic amines) is 1. The first-order chi connectivity index (χ1) is 12.8. The number of nitrogens with two attached hydrogens (primary N) is 1. The standard InChI is InChI=1S/C19H21N5O3/c1-12-8-15(22-17(20)21-12)13-4-3-5-14(9-13)16(25)24-7-6-19(11-24)10-23(2)18(26)27-19/h3-5,8-9H,6-7,10-11H2,1-2H3,(H2,20,21,22). The van der Waals surface area contributed by atoms with Gasteiger partial charge in [0, 0.05) is 36.8 Å². The van der Waals surface area contributed by atoms with Gasteiger partial charge in [-0.2, -0.15) is 0 Å². The number of nitrogen functional groups attached to an aromatic ring is 1. The maximum absolute atomic E-state index is 13.0. The molecule has 3 heterocycles. The van der Waals surface area contributed by atoms with Crippen LogP contribution in [0.15, 0.2) is 30.3 Å². The number of aromatic nitrogens is 2. The molecule has 8 nitrogen and oxygen atoms in total. The van der Waals surface area contributed by atoms with Crippen molar-refractivity contribution in [2.45, 2.75) is 18.9 Å². The summed E-state index contributed by atoms with van der Waals surface area (Å²) in [6, 6.07) is 9.13. The number of rotatable bonds is 2. The molecule has 2 N–H and O–H groups in total. The average molecular weight is 367 g/mol.